The normalized spacial score (nSPS) is 17.0. The summed E-state index contributed by atoms with van der Waals surface area (Å²) in [6, 6.07) is 9.92. The standard InChI is InChI=1S/C23H27N3O3/c1-25(13-7-18-5-9-24-10-6-18)11-2-12-26-14-8-20(23(26)27)15-19-3-4-21-22(16-19)29-17-28-21/h3-6,9-10,15-16H,2,7-8,11-14,17H2,1H3. The van der Waals surface area contributed by atoms with Crippen molar-refractivity contribution in [2.45, 2.75) is 19.3 Å². The summed E-state index contributed by atoms with van der Waals surface area (Å²) in [5.74, 6) is 1.66. The van der Waals surface area contributed by atoms with Crippen LogP contribution >= 0.6 is 0 Å². The predicted octanol–water partition coefficient (Wildman–Crippen LogP) is 2.99. The number of carbonyl (C=O) groups excluding carboxylic acids is 1. The van der Waals surface area contributed by atoms with E-state index in [1.54, 1.807) is 0 Å². The Morgan fingerprint density at radius 3 is 2.83 bits per heavy atom. The number of carbonyl (C=O) groups is 1. The average Bonchev–Trinajstić information content (AvgIpc) is 3.34. The minimum atomic E-state index is 0.155. The van der Waals surface area contributed by atoms with Gasteiger partial charge in [-0.1, -0.05) is 6.07 Å². The molecule has 6 nitrogen and oxygen atoms in total. The van der Waals surface area contributed by atoms with Crippen LogP contribution in [0.15, 0.2) is 48.3 Å². The van der Waals surface area contributed by atoms with E-state index >= 15 is 0 Å². The molecule has 0 saturated carbocycles. The van der Waals surface area contributed by atoms with Gasteiger partial charge in [0.25, 0.3) is 0 Å². The van der Waals surface area contributed by atoms with Gasteiger partial charge in [0.15, 0.2) is 11.5 Å². The summed E-state index contributed by atoms with van der Waals surface area (Å²) in [6.07, 6.45) is 8.45. The summed E-state index contributed by atoms with van der Waals surface area (Å²) >= 11 is 0. The van der Waals surface area contributed by atoms with E-state index in [2.05, 4.69) is 29.1 Å². The molecular formula is C23H27N3O3. The maximum atomic E-state index is 12.7. The summed E-state index contributed by atoms with van der Waals surface area (Å²) in [7, 11) is 2.14. The average molecular weight is 393 g/mol. The number of pyridine rings is 1. The van der Waals surface area contributed by atoms with Crippen LogP contribution in [0.4, 0.5) is 0 Å². The molecule has 29 heavy (non-hydrogen) atoms. The summed E-state index contributed by atoms with van der Waals surface area (Å²) in [4.78, 5) is 21.1. The van der Waals surface area contributed by atoms with Crippen LogP contribution in [0.2, 0.25) is 0 Å². The predicted molar refractivity (Wildman–Crippen MR) is 112 cm³/mol. The van der Waals surface area contributed by atoms with Crippen LogP contribution < -0.4 is 9.47 Å². The molecule has 2 aliphatic rings. The smallest absolute Gasteiger partial charge is 0.249 e. The zero-order valence-electron chi connectivity index (χ0n) is 16.8. The van der Waals surface area contributed by atoms with Gasteiger partial charge in [-0.25, -0.2) is 0 Å². The molecule has 0 N–H and O–H groups in total. The fraction of sp³-hybridized carbons (Fsp3) is 0.391. The summed E-state index contributed by atoms with van der Waals surface area (Å²) in [5, 5.41) is 0. The number of rotatable bonds is 8. The Balaban J connectivity index is 1.23. The number of amides is 1. The molecule has 4 rings (SSSR count). The number of likely N-dealkylation sites (N-methyl/N-ethyl adjacent to an activating group) is 1. The van der Waals surface area contributed by atoms with Gasteiger partial charge in [-0.3, -0.25) is 9.78 Å². The number of hydrogen-bond acceptors (Lipinski definition) is 5. The van der Waals surface area contributed by atoms with Gasteiger partial charge in [0.05, 0.1) is 0 Å². The van der Waals surface area contributed by atoms with Gasteiger partial charge in [0, 0.05) is 37.6 Å². The molecule has 0 atom stereocenters. The number of likely N-dealkylation sites (tertiary alicyclic amines) is 1. The SMILES string of the molecule is CN(CCCN1CCC(=Cc2ccc3c(c2)OCO3)C1=O)CCc1ccncc1. The number of hydrogen-bond donors (Lipinski definition) is 0. The van der Waals surface area contributed by atoms with Gasteiger partial charge in [0.1, 0.15) is 0 Å². The Labute approximate surface area is 171 Å². The third kappa shape index (κ3) is 4.95. The Bertz CT molecular complexity index is 882. The second-order valence-electron chi connectivity index (χ2n) is 7.59. The topological polar surface area (TPSA) is 54.9 Å². The van der Waals surface area contributed by atoms with E-state index in [9.17, 15) is 4.79 Å². The van der Waals surface area contributed by atoms with E-state index in [-0.39, 0.29) is 12.7 Å². The second-order valence-corrected chi connectivity index (χ2v) is 7.59. The Morgan fingerprint density at radius 2 is 1.97 bits per heavy atom. The van der Waals surface area contributed by atoms with E-state index in [4.69, 9.17) is 9.47 Å². The van der Waals surface area contributed by atoms with Gasteiger partial charge in [-0.2, -0.15) is 0 Å². The lowest BCUT2D eigenvalue weighted by Crippen LogP contribution is -2.30. The van der Waals surface area contributed by atoms with Crippen molar-refractivity contribution in [2.24, 2.45) is 0 Å². The highest BCUT2D eigenvalue weighted by atomic mass is 16.7. The van der Waals surface area contributed by atoms with E-state index in [0.717, 1.165) is 68.1 Å². The molecule has 152 valence electrons. The molecule has 1 amide bonds. The Morgan fingerprint density at radius 1 is 1.14 bits per heavy atom. The molecule has 3 heterocycles. The number of aromatic nitrogens is 1. The zero-order valence-corrected chi connectivity index (χ0v) is 16.8. The number of fused-ring (bicyclic) bond motifs is 1. The lowest BCUT2D eigenvalue weighted by atomic mass is 10.1. The van der Waals surface area contributed by atoms with Crippen LogP contribution in [0.5, 0.6) is 11.5 Å². The largest absolute Gasteiger partial charge is 0.454 e. The summed E-state index contributed by atoms with van der Waals surface area (Å²) in [6.45, 7) is 3.86. The van der Waals surface area contributed by atoms with Gasteiger partial charge in [-0.05, 0) is 74.3 Å². The van der Waals surface area contributed by atoms with Crippen molar-refractivity contribution in [3.8, 4) is 11.5 Å². The van der Waals surface area contributed by atoms with Crippen molar-refractivity contribution in [1.29, 1.82) is 0 Å². The van der Waals surface area contributed by atoms with E-state index in [1.807, 2.05) is 41.6 Å². The maximum Gasteiger partial charge on any atom is 0.249 e. The van der Waals surface area contributed by atoms with E-state index < -0.39 is 0 Å². The highest BCUT2D eigenvalue weighted by Crippen LogP contribution is 2.33. The van der Waals surface area contributed by atoms with Crippen molar-refractivity contribution >= 4 is 12.0 Å². The highest BCUT2D eigenvalue weighted by Gasteiger charge is 2.25. The first kappa shape index (κ1) is 19.5. The molecule has 1 aromatic carbocycles. The molecular weight excluding hydrogens is 366 g/mol. The number of nitrogens with zero attached hydrogens (tertiary/aromatic N) is 3. The third-order valence-electron chi connectivity index (χ3n) is 5.45. The molecule has 6 heteroatoms. The quantitative estimate of drug-likeness (QED) is 0.646. The molecule has 1 fully saturated rings. The van der Waals surface area contributed by atoms with Gasteiger partial charge >= 0.3 is 0 Å². The number of ether oxygens (including phenoxy) is 2. The van der Waals surface area contributed by atoms with Gasteiger partial charge in [0.2, 0.25) is 12.7 Å². The van der Waals surface area contributed by atoms with Crippen molar-refractivity contribution in [2.75, 3.05) is 40.0 Å². The fourth-order valence-corrected chi connectivity index (χ4v) is 3.73. The molecule has 2 aromatic rings. The van der Waals surface area contributed by atoms with Gasteiger partial charge < -0.3 is 19.3 Å². The van der Waals surface area contributed by atoms with Crippen molar-refractivity contribution in [3.05, 3.63) is 59.4 Å². The first-order valence-electron chi connectivity index (χ1n) is 10.2. The molecule has 1 aromatic heterocycles. The maximum absolute atomic E-state index is 12.7. The molecule has 0 bridgehead atoms. The Hall–Kier alpha value is -2.86. The van der Waals surface area contributed by atoms with Crippen LogP contribution in [0.1, 0.15) is 24.0 Å². The van der Waals surface area contributed by atoms with Crippen molar-refractivity contribution in [1.82, 2.24) is 14.8 Å². The lowest BCUT2D eigenvalue weighted by molar-refractivity contribution is -0.124. The molecule has 0 radical (unpaired) electrons. The number of benzene rings is 1. The van der Waals surface area contributed by atoms with Crippen LogP contribution in [0.3, 0.4) is 0 Å². The molecule has 0 aliphatic carbocycles. The first-order valence-corrected chi connectivity index (χ1v) is 10.2. The molecule has 1 saturated heterocycles. The van der Waals surface area contributed by atoms with E-state index in [1.165, 1.54) is 5.56 Å². The van der Waals surface area contributed by atoms with Crippen molar-refractivity contribution in [3.63, 3.8) is 0 Å². The third-order valence-corrected chi connectivity index (χ3v) is 5.45. The molecule has 0 spiro atoms. The second kappa shape index (κ2) is 9.09. The van der Waals surface area contributed by atoms with Crippen LogP contribution in [-0.2, 0) is 11.2 Å². The Kier molecular flexibility index (Phi) is 6.10. The van der Waals surface area contributed by atoms with Crippen molar-refractivity contribution < 1.29 is 14.3 Å². The van der Waals surface area contributed by atoms with Crippen LogP contribution in [-0.4, -0.2) is 60.7 Å². The zero-order chi connectivity index (χ0) is 20.1. The van der Waals surface area contributed by atoms with E-state index in [0.29, 0.717) is 0 Å². The molecule has 2 aliphatic heterocycles. The van der Waals surface area contributed by atoms with Crippen LogP contribution in [0.25, 0.3) is 6.08 Å². The first-order chi connectivity index (χ1) is 14.2. The minimum Gasteiger partial charge on any atom is -0.454 e. The summed E-state index contributed by atoms with van der Waals surface area (Å²) < 4.78 is 10.8. The monoisotopic (exact) mass is 393 g/mol. The van der Waals surface area contributed by atoms with Gasteiger partial charge in [-0.15, -0.1) is 0 Å². The van der Waals surface area contributed by atoms with Crippen LogP contribution in [0, 0.1) is 0 Å². The molecule has 0 unspecified atom stereocenters. The lowest BCUT2D eigenvalue weighted by Gasteiger charge is -2.19. The minimum absolute atomic E-state index is 0.155. The summed E-state index contributed by atoms with van der Waals surface area (Å²) in [5.41, 5.74) is 3.16. The highest BCUT2D eigenvalue weighted by molar-refractivity contribution is 5.99. The fourth-order valence-electron chi connectivity index (χ4n) is 3.73.